The normalized spacial score (nSPS) is 12.9. The molecule has 8 nitrogen and oxygen atoms in total. The number of rotatable bonds is 7. The third-order valence-corrected chi connectivity index (χ3v) is 4.86. The Kier molecular flexibility index (Phi) is 5.98. The SMILES string of the molecule is COc1ccc(-c2cc3nc([C@H](C)NC(=O)C(C)Oc4cccc(F)c4)nn3cn2)cc1. The van der Waals surface area contributed by atoms with Crippen LogP contribution in [-0.4, -0.2) is 38.7 Å². The molecule has 1 N–H and O–H groups in total. The zero-order valence-electron chi connectivity index (χ0n) is 17.8. The van der Waals surface area contributed by atoms with Crippen LogP contribution < -0.4 is 14.8 Å². The minimum absolute atomic E-state index is 0.281. The first-order valence-corrected chi connectivity index (χ1v) is 10.0. The Labute approximate surface area is 184 Å². The molecular weight excluding hydrogens is 413 g/mol. The summed E-state index contributed by atoms with van der Waals surface area (Å²) < 4.78 is 25.6. The number of methoxy groups -OCH3 is 1. The van der Waals surface area contributed by atoms with Gasteiger partial charge in [0.15, 0.2) is 17.6 Å². The fourth-order valence-corrected chi connectivity index (χ4v) is 3.11. The average molecular weight is 435 g/mol. The standard InChI is InChI=1S/C23H22FN5O3/c1-14(26-23(30)15(2)32-19-6-4-5-17(24)11-19)22-27-21-12-20(25-13-29(21)28-22)16-7-9-18(31-3)10-8-16/h4-15H,1-3H3,(H,26,30)/t14-,15?/m0/s1. The predicted molar refractivity (Wildman–Crippen MR) is 116 cm³/mol. The van der Waals surface area contributed by atoms with E-state index in [1.165, 1.54) is 18.2 Å². The number of nitrogens with one attached hydrogen (secondary N) is 1. The van der Waals surface area contributed by atoms with Crippen LogP contribution in [0.25, 0.3) is 16.9 Å². The highest BCUT2D eigenvalue weighted by atomic mass is 19.1. The lowest BCUT2D eigenvalue weighted by molar-refractivity contribution is -0.128. The molecule has 0 bridgehead atoms. The fourth-order valence-electron chi connectivity index (χ4n) is 3.11. The first-order chi connectivity index (χ1) is 15.4. The minimum Gasteiger partial charge on any atom is -0.497 e. The molecule has 2 aromatic heterocycles. The summed E-state index contributed by atoms with van der Waals surface area (Å²) in [6.07, 6.45) is 0.759. The molecule has 2 atom stereocenters. The predicted octanol–water partition coefficient (Wildman–Crippen LogP) is 3.58. The second-order valence-corrected chi connectivity index (χ2v) is 7.22. The molecule has 32 heavy (non-hydrogen) atoms. The first-order valence-electron chi connectivity index (χ1n) is 10.0. The molecule has 9 heteroatoms. The molecule has 164 valence electrons. The third kappa shape index (κ3) is 4.66. The van der Waals surface area contributed by atoms with E-state index in [9.17, 15) is 9.18 Å². The van der Waals surface area contributed by atoms with Crippen molar-refractivity contribution in [2.24, 2.45) is 0 Å². The highest BCUT2D eigenvalue weighted by Crippen LogP contribution is 2.22. The van der Waals surface area contributed by atoms with E-state index in [0.29, 0.717) is 11.5 Å². The zero-order valence-corrected chi connectivity index (χ0v) is 17.8. The number of benzene rings is 2. The van der Waals surface area contributed by atoms with Crippen molar-refractivity contribution in [3.8, 4) is 22.8 Å². The van der Waals surface area contributed by atoms with Gasteiger partial charge < -0.3 is 14.8 Å². The molecule has 2 heterocycles. The van der Waals surface area contributed by atoms with E-state index < -0.39 is 18.0 Å². The van der Waals surface area contributed by atoms with Gasteiger partial charge in [0.1, 0.15) is 23.6 Å². The first kappa shape index (κ1) is 21.2. The number of aromatic nitrogens is 4. The molecule has 0 aliphatic heterocycles. The molecule has 4 aromatic rings. The second kappa shape index (κ2) is 9.01. The van der Waals surface area contributed by atoms with Gasteiger partial charge in [-0.3, -0.25) is 4.79 Å². The van der Waals surface area contributed by atoms with Crippen molar-refractivity contribution in [2.75, 3.05) is 7.11 Å². The van der Waals surface area contributed by atoms with E-state index in [-0.39, 0.29) is 11.7 Å². The molecule has 0 saturated carbocycles. The maximum absolute atomic E-state index is 13.3. The second-order valence-electron chi connectivity index (χ2n) is 7.22. The Balaban J connectivity index is 1.45. The van der Waals surface area contributed by atoms with Gasteiger partial charge in [0.05, 0.1) is 18.8 Å². The quantitative estimate of drug-likeness (QED) is 0.477. The molecule has 2 aromatic carbocycles. The summed E-state index contributed by atoms with van der Waals surface area (Å²) in [6.45, 7) is 3.37. The van der Waals surface area contributed by atoms with E-state index >= 15 is 0 Å². The summed E-state index contributed by atoms with van der Waals surface area (Å²) in [6, 6.07) is 14.6. The van der Waals surface area contributed by atoms with Crippen LogP contribution in [-0.2, 0) is 4.79 Å². The van der Waals surface area contributed by atoms with Crippen LogP contribution in [0.5, 0.6) is 11.5 Å². The summed E-state index contributed by atoms with van der Waals surface area (Å²) in [7, 11) is 1.62. The zero-order chi connectivity index (χ0) is 22.7. The Hall–Kier alpha value is -4.01. The monoisotopic (exact) mass is 435 g/mol. The highest BCUT2D eigenvalue weighted by Gasteiger charge is 2.20. The molecule has 4 rings (SSSR count). The molecule has 1 amide bonds. The minimum atomic E-state index is -0.820. The van der Waals surface area contributed by atoms with Crippen LogP contribution in [0, 0.1) is 5.82 Å². The average Bonchev–Trinajstić information content (AvgIpc) is 3.23. The van der Waals surface area contributed by atoms with Crippen molar-refractivity contribution in [2.45, 2.75) is 26.0 Å². The number of ether oxygens (including phenoxy) is 2. The molecule has 0 fully saturated rings. The molecular formula is C23H22FN5O3. The van der Waals surface area contributed by atoms with Crippen molar-refractivity contribution in [1.29, 1.82) is 0 Å². The molecule has 0 spiro atoms. The molecule has 0 saturated heterocycles. The summed E-state index contributed by atoms with van der Waals surface area (Å²) in [5, 5.41) is 7.22. The lowest BCUT2D eigenvalue weighted by atomic mass is 10.1. The van der Waals surface area contributed by atoms with Gasteiger partial charge in [-0.25, -0.2) is 18.9 Å². The molecule has 0 radical (unpaired) electrons. The van der Waals surface area contributed by atoms with E-state index in [2.05, 4.69) is 20.4 Å². The molecule has 1 unspecified atom stereocenters. The maximum Gasteiger partial charge on any atom is 0.261 e. The number of nitrogens with zero attached hydrogens (tertiary/aromatic N) is 4. The van der Waals surface area contributed by atoms with Crippen LogP contribution in [0.1, 0.15) is 25.7 Å². The van der Waals surface area contributed by atoms with E-state index in [1.807, 2.05) is 30.3 Å². The lowest BCUT2D eigenvalue weighted by Gasteiger charge is -2.17. The number of fused-ring (bicyclic) bond motifs is 1. The Bertz CT molecular complexity index is 1240. The number of halogens is 1. The highest BCUT2D eigenvalue weighted by molar-refractivity contribution is 5.81. The summed E-state index contributed by atoms with van der Waals surface area (Å²) in [4.78, 5) is 21.5. The number of hydrogen-bond acceptors (Lipinski definition) is 6. The smallest absolute Gasteiger partial charge is 0.261 e. The van der Waals surface area contributed by atoms with Gasteiger partial charge >= 0.3 is 0 Å². The van der Waals surface area contributed by atoms with E-state index in [0.717, 1.165) is 17.0 Å². The van der Waals surface area contributed by atoms with Crippen molar-refractivity contribution in [3.05, 3.63) is 72.6 Å². The van der Waals surface area contributed by atoms with Gasteiger partial charge in [-0.2, -0.15) is 0 Å². The van der Waals surface area contributed by atoms with Gasteiger partial charge in [-0.1, -0.05) is 6.07 Å². The summed E-state index contributed by atoms with van der Waals surface area (Å²) >= 11 is 0. The summed E-state index contributed by atoms with van der Waals surface area (Å²) in [5.74, 6) is 0.686. The topological polar surface area (TPSA) is 90.6 Å². The van der Waals surface area contributed by atoms with Gasteiger partial charge in [-0.05, 0) is 50.2 Å². The number of hydrogen-bond donors (Lipinski definition) is 1. The number of carbonyl (C=O) groups excluding carboxylic acids is 1. The van der Waals surface area contributed by atoms with Gasteiger partial charge in [0.2, 0.25) is 0 Å². The largest absolute Gasteiger partial charge is 0.497 e. The lowest BCUT2D eigenvalue weighted by Crippen LogP contribution is -2.38. The van der Waals surface area contributed by atoms with E-state index in [1.54, 1.807) is 37.9 Å². The maximum atomic E-state index is 13.3. The van der Waals surface area contributed by atoms with Crippen molar-refractivity contribution >= 4 is 11.6 Å². The van der Waals surface area contributed by atoms with Crippen molar-refractivity contribution in [1.82, 2.24) is 24.9 Å². The van der Waals surface area contributed by atoms with Gasteiger partial charge in [0.25, 0.3) is 5.91 Å². The van der Waals surface area contributed by atoms with E-state index in [4.69, 9.17) is 9.47 Å². The van der Waals surface area contributed by atoms with Crippen LogP contribution in [0.2, 0.25) is 0 Å². The molecule has 0 aliphatic rings. The van der Waals surface area contributed by atoms with Crippen molar-refractivity contribution < 1.29 is 18.7 Å². The Morgan fingerprint density at radius 1 is 1.09 bits per heavy atom. The Morgan fingerprint density at radius 2 is 1.88 bits per heavy atom. The third-order valence-electron chi connectivity index (χ3n) is 4.86. The number of amides is 1. The van der Waals surface area contributed by atoms with Crippen LogP contribution in [0.3, 0.4) is 0 Å². The van der Waals surface area contributed by atoms with Crippen LogP contribution >= 0.6 is 0 Å². The van der Waals surface area contributed by atoms with Gasteiger partial charge in [-0.15, -0.1) is 5.10 Å². The molecule has 0 aliphatic carbocycles. The van der Waals surface area contributed by atoms with Gasteiger partial charge in [0, 0.05) is 17.7 Å². The van der Waals surface area contributed by atoms with Crippen LogP contribution in [0.15, 0.2) is 60.9 Å². The number of carbonyl (C=O) groups is 1. The Morgan fingerprint density at radius 3 is 2.59 bits per heavy atom. The summed E-state index contributed by atoms with van der Waals surface area (Å²) in [5.41, 5.74) is 2.27. The van der Waals surface area contributed by atoms with Crippen LogP contribution in [0.4, 0.5) is 4.39 Å². The van der Waals surface area contributed by atoms with Crippen molar-refractivity contribution in [3.63, 3.8) is 0 Å². The fraction of sp³-hybridized carbons (Fsp3) is 0.217.